The van der Waals surface area contributed by atoms with Gasteiger partial charge in [-0.25, -0.2) is 0 Å². The Morgan fingerprint density at radius 3 is 2.63 bits per heavy atom. The van der Waals surface area contributed by atoms with Gasteiger partial charge in [-0.15, -0.1) is 0 Å². The van der Waals surface area contributed by atoms with Gasteiger partial charge in [-0.05, 0) is 25.2 Å². The van der Waals surface area contributed by atoms with Gasteiger partial charge < -0.3 is 5.32 Å². The molecule has 1 saturated carbocycles. The maximum atomic E-state index is 13.1. The maximum Gasteiger partial charge on any atom is 0.433 e. The topological polar surface area (TPSA) is 29.9 Å². The summed E-state index contributed by atoms with van der Waals surface area (Å²) >= 11 is 0. The molecule has 0 amide bonds. The second-order valence-corrected chi connectivity index (χ2v) is 5.58. The van der Waals surface area contributed by atoms with Crippen LogP contribution in [0.2, 0.25) is 0 Å². The van der Waals surface area contributed by atoms with Crippen LogP contribution in [0.5, 0.6) is 0 Å². The summed E-state index contributed by atoms with van der Waals surface area (Å²) < 4.78 is 40.5. The fraction of sp³-hybridized carbons (Fsp3) is 0.769. The van der Waals surface area contributed by atoms with Crippen molar-refractivity contribution in [2.75, 3.05) is 0 Å². The molecule has 19 heavy (non-hydrogen) atoms. The van der Waals surface area contributed by atoms with Crippen LogP contribution in [0.15, 0.2) is 6.20 Å². The molecular weight excluding hydrogens is 255 g/mol. The van der Waals surface area contributed by atoms with E-state index >= 15 is 0 Å². The van der Waals surface area contributed by atoms with Crippen molar-refractivity contribution in [3.8, 4) is 0 Å². The van der Waals surface area contributed by atoms with Crippen LogP contribution in [-0.2, 0) is 19.3 Å². The average molecular weight is 275 g/mol. The molecule has 1 aromatic rings. The lowest BCUT2D eigenvalue weighted by Crippen LogP contribution is -2.21. The average Bonchev–Trinajstić information content (AvgIpc) is 3.01. The van der Waals surface area contributed by atoms with Crippen LogP contribution >= 0.6 is 0 Å². The first-order valence-corrected chi connectivity index (χ1v) is 6.73. The van der Waals surface area contributed by atoms with Crippen molar-refractivity contribution < 1.29 is 13.2 Å². The van der Waals surface area contributed by atoms with E-state index in [0.717, 1.165) is 17.5 Å². The molecule has 1 N–H and O–H groups in total. The highest BCUT2D eigenvalue weighted by molar-refractivity contribution is 5.21. The standard InChI is InChI=1S/C13H20F3N3/c1-9(2)5-6-19-12(13(14,15)16)10(8-18-19)7-17-11-3-4-11/h8-9,11,17H,3-7H2,1-2H3. The van der Waals surface area contributed by atoms with Gasteiger partial charge in [-0.1, -0.05) is 13.8 Å². The summed E-state index contributed by atoms with van der Waals surface area (Å²) in [6, 6.07) is 0.389. The number of rotatable bonds is 6. The van der Waals surface area contributed by atoms with Gasteiger partial charge in [0, 0.05) is 24.7 Å². The van der Waals surface area contributed by atoms with Crippen LogP contribution in [0.3, 0.4) is 0 Å². The Hall–Kier alpha value is -1.04. The molecular formula is C13H20F3N3. The molecule has 1 aliphatic rings. The van der Waals surface area contributed by atoms with Gasteiger partial charge in [0.15, 0.2) is 0 Å². The fourth-order valence-electron chi connectivity index (χ4n) is 1.97. The highest BCUT2D eigenvalue weighted by Gasteiger charge is 2.38. The maximum absolute atomic E-state index is 13.1. The molecule has 0 bridgehead atoms. The lowest BCUT2D eigenvalue weighted by atomic mass is 10.1. The summed E-state index contributed by atoms with van der Waals surface area (Å²) in [5.41, 5.74) is -0.343. The largest absolute Gasteiger partial charge is 0.433 e. The van der Waals surface area contributed by atoms with E-state index in [9.17, 15) is 13.2 Å². The van der Waals surface area contributed by atoms with Gasteiger partial charge in [0.1, 0.15) is 5.69 Å². The minimum Gasteiger partial charge on any atom is -0.310 e. The van der Waals surface area contributed by atoms with E-state index in [0.29, 0.717) is 24.9 Å². The Morgan fingerprint density at radius 1 is 1.42 bits per heavy atom. The third-order valence-corrected chi connectivity index (χ3v) is 3.26. The number of hydrogen-bond acceptors (Lipinski definition) is 2. The summed E-state index contributed by atoms with van der Waals surface area (Å²) in [4.78, 5) is 0. The van der Waals surface area contributed by atoms with E-state index in [1.165, 1.54) is 6.20 Å². The van der Waals surface area contributed by atoms with Crippen LogP contribution in [0.1, 0.15) is 44.4 Å². The first kappa shape index (κ1) is 14.4. The highest BCUT2D eigenvalue weighted by Crippen LogP contribution is 2.32. The molecule has 1 aliphatic carbocycles. The number of aromatic nitrogens is 2. The number of nitrogens with one attached hydrogen (secondary N) is 1. The van der Waals surface area contributed by atoms with E-state index in [1.807, 2.05) is 13.8 Å². The zero-order chi connectivity index (χ0) is 14.0. The van der Waals surface area contributed by atoms with Crippen LogP contribution in [0.25, 0.3) is 0 Å². The summed E-state index contributed by atoms with van der Waals surface area (Å²) in [6.45, 7) is 4.55. The van der Waals surface area contributed by atoms with E-state index < -0.39 is 11.9 Å². The van der Waals surface area contributed by atoms with Crippen LogP contribution in [0.4, 0.5) is 13.2 Å². The lowest BCUT2D eigenvalue weighted by molar-refractivity contribution is -0.145. The number of hydrogen-bond donors (Lipinski definition) is 1. The molecule has 2 rings (SSSR count). The SMILES string of the molecule is CC(C)CCn1ncc(CNC2CC2)c1C(F)(F)F. The number of nitrogens with zero attached hydrogens (tertiary/aromatic N) is 2. The molecule has 0 spiro atoms. The molecule has 1 aromatic heterocycles. The predicted octanol–water partition coefficient (Wildman–Crippen LogP) is 3.20. The summed E-state index contributed by atoms with van der Waals surface area (Å²) in [5, 5.41) is 7.02. The van der Waals surface area contributed by atoms with Crippen molar-refractivity contribution >= 4 is 0 Å². The quantitative estimate of drug-likeness (QED) is 0.864. The molecule has 0 aromatic carbocycles. The van der Waals surface area contributed by atoms with Gasteiger partial charge >= 0.3 is 6.18 Å². The second kappa shape index (κ2) is 5.53. The zero-order valence-electron chi connectivity index (χ0n) is 11.3. The molecule has 3 nitrogen and oxygen atoms in total. The smallest absolute Gasteiger partial charge is 0.310 e. The van der Waals surface area contributed by atoms with E-state index in [-0.39, 0.29) is 12.1 Å². The molecule has 0 radical (unpaired) electrons. The molecule has 1 heterocycles. The van der Waals surface area contributed by atoms with Crippen molar-refractivity contribution in [1.82, 2.24) is 15.1 Å². The molecule has 0 unspecified atom stereocenters. The fourth-order valence-corrected chi connectivity index (χ4v) is 1.97. The number of halogens is 3. The second-order valence-electron chi connectivity index (χ2n) is 5.58. The first-order valence-electron chi connectivity index (χ1n) is 6.73. The van der Waals surface area contributed by atoms with Crippen molar-refractivity contribution in [3.05, 3.63) is 17.5 Å². The van der Waals surface area contributed by atoms with Crippen molar-refractivity contribution in [2.45, 2.75) is 58.4 Å². The highest BCUT2D eigenvalue weighted by atomic mass is 19.4. The van der Waals surface area contributed by atoms with E-state index in [4.69, 9.17) is 0 Å². The Labute approximate surface area is 111 Å². The minimum atomic E-state index is -4.34. The molecule has 0 aliphatic heterocycles. The van der Waals surface area contributed by atoms with Gasteiger partial charge in [-0.2, -0.15) is 18.3 Å². The third-order valence-electron chi connectivity index (χ3n) is 3.26. The van der Waals surface area contributed by atoms with E-state index in [2.05, 4.69) is 10.4 Å². The van der Waals surface area contributed by atoms with E-state index in [1.54, 1.807) is 0 Å². The third kappa shape index (κ3) is 3.96. The van der Waals surface area contributed by atoms with Gasteiger partial charge in [0.2, 0.25) is 0 Å². The minimum absolute atomic E-state index is 0.251. The summed E-state index contributed by atoms with van der Waals surface area (Å²) in [7, 11) is 0. The van der Waals surface area contributed by atoms with Crippen molar-refractivity contribution in [3.63, 3.8) is 0 Å². The van der Waals surface area contributed by atoms with Gasteiger partial charge in [0.25, 0.3) is 0 Å². The van der Waals surface area contributed by atoms with Crippen LogP contribution in [0, 0.1) is 5.92 Å². The Kier molecular flexibility index (Phi) is 4.18. The number of alkyl halides is 3. The van der Waals surface area contributed by atoms with Gasteiger partial charge in [-0.3, -0.25) is 4.68 Å². The molecule has 108 valence electrons. The van der Waals surface area contributed by atoms with Crippen molar-refractivity contribution in [1.29, 1.82) is 0 Å². The summed E-state index contributed by atoms with van der Waals surface area (Å²) in [6.07, 6.45) is -0.182. The van der Waals surface area contributed by atoms with Crippen LogP contribution < -0.4 is 5.32 Å². The Bertz CT molecular complexity index is 396. The Morgan fingerprint density at radius 2 is 2.11 bits per heavy atom. The molecule has 0 saturated heterocycles. The lowest BCUT2D eigenvalue weighted by Gasteiger charge is -2.14. The predicted molar refractivity (Wildman–Crippen MR) is 66.5 cm³/mol. The van der Waals surface area contributed by atoms with Crippen LogP contribution in [-0.4, -0.2) is 15.8 Å². The zero-order valence-corrected chi connectivity index (χ0v) is 11.3. The molecule has 6 heteroatoms. The Balaban J connectivity index is 2.12. The van der Waals surface area contributed by atoms with Crippen molar-refractivity contribution in [2.24, 2.45) is 5.92 Å². The molecule has 1 fully saturated rings. The number of aryl methyl sites for hydroxylation is 1. The summed E-state index contributed by atoms with van der Waals surface area (Å²) in [5.74, 6) is 0.360. The normalized spacial score (nSPS) is 16.3. The first-order chi connectivity index (χ1) is 8.88. The monoisotopic (exact) mass is 275 g/mol. The molecule has 0 atom stereocenters. The van der Waals surface area contributed by atoms with Gasteiger partial charge in [0.05, 0.1) is 6.20 Å².